The quantitative estimate of drug-likeness (QED) is 0.372. The zero-order valence-corrected chi connectivity index (χ0v) is 15.2. The molecule has 0 saturated heterocycles. The number of ether oxygens (including phenoxy) is 2. The van der Waals surface area contributed by atoms with E-state index < -0.39 is 5.97 Å². The molecule has 0 aromatic heterocycles. The van der Waals surface area contributed by atoms with E-state index in [1.54, 1.807) is 42.5 Å². The minimum atomic E-state index is -0.522. The van der Waals surface area contributed by atoms with Crippen LogP contribution in [0.25, 0.3) is 6.08 Å². The number of hydrogen-bond donors (Lipinski definition) is 0. The molecule has 0 unspecified atom stereocenters. The van der Waals surface area contributed by atoms with E-state index in [0.717, 1.165) is 11.1 Å². The zero-order valence-electron chi connectivity index (χ0n) is 13.0. The molecule has 128 valence electrons. The van der Waals surface area contributed by atoms with Crippen molar-refractivity contribution in [3.63, 3.8) is 0 Å². The molecule has 2 rings (SSSR count). The van der Waals surface area contributed by atoms with Gasteiger partial charge in [-0.15, -0.1) is 6.42 Å². The van der Waals surface area contributed by atoms with Crippen molar-refractivity contribution in [2.24, 2.45) is 0 Å². The molecule has 0 saturated carbocycles. The average Bonchev–Trinajstić information content (AvgIpc) is 2.58. The van der Waals surface area contributed by atoms with E-state index >= 15 is 0 Å². The van der Waals surface area contributed by atoms with Crippen molar-refractivity contribution in [1.29, 1.82) is 0 Å². The number of rotatable bonds is 6. The Kier molecular flexibility index (Phi) is 7.21. The lowest BCUT2D eigenvalue weighted by atomic mass is 10.2. The lowest BCUT2D eigenvalue weighted by Crippen LogP contribution is -2.00. The van der Waals surface area contributed by atoms with Gasteiger partial charge in [0.15, 0.2) is 6.61 Å². The second kappa shape index (κ2) is 9.39. The number of terminal acetylenes is 1. The molecule has 0 aliphatic rings. The van der Waals surface area contributed by atoms with Gasteiger partial charge in [-0.05, 0) is 35.9 Å². The van der Waals surface area contributed by atoms with Gasteiger partial charge < -0.3 is 9.47 Å². The number of benzene rings is 2. The predicted octanol–water partition coefficient (Wildman–Crippen LogP) is 5.42. The molecule has 0 fully saturated rings. The zero-order chi connectivity index (χ0) is 18.2. The maximum Gasteiger partial charge on any atom is 0.331 e. The molecule has 0 radical (unpaired) electrons. The van der Waals surface area contributed by atoms with Crippen LogP contribution < -0.4 is 4.74 Å². The van der Waals surface area contributed by atoms with E-state index in [1.807, 2.05) is 0 Å². The molecule has 0 spiro atoms. The first-order valence-electron chi connectivity index (χ1n) is 7.14. The summed E-state index contributed by atoms with van der Waals surface area (Å²) in [6.07, 6.45) is 7.86. The van der Waals surface area contributed by atoms with Crippen molar-refractivity contribution in [1.82, 2.24) is 0 Å². The normalized spacial score (nSPS) is 10.5. The van der Waals surface area contributed by atoms with E-state index in [-0.39, 0.29) is 13.2 Å². The first kappa shape index (κ1) is 19.2. The maximum absolute atomic E-state index is 11.4. The molecule has 0 atom stereocenters. The second-order valence-corrected chi connectivity index (χ2v) is 6.11. The van der Waals surface area contributed by atoms with Crippen LogP contribution in [0.3, 0.4) is 0 Å². The van der Waals surface area contributed by atoms with E-state index in [0.29, 0.717) is 20.8 Å². The number of halogens is 3. The van der Waals surface area contributed by atoms with E-state index in [1.165, 1.54) is 6.08 Å². The molecule has 2 aromatic rings. The van der Waals surface area contributed by atoms with Gasteiger partial charge in [-0.3, -0.25) is 0 Å². The Bertz CT molecular complexity index is 838. The fraction of sp³-hybridized carbons (Fsp3) is 0.105. The number of hydrogen-bond acceptors (Lipinski definition) is 3. The van der Waals surface area contributed by atoms with Crippen LogP contribution in [-0.4, -0.2) is 12.6 Å². The lowest BCUT2D eigenvalue weighted by molar-refractivity contribution is -0.136. The number of carbonyl (C=O) groups is 1. The van der Waals surface area contributed by atoms with Gasteiger partial charge in [-0.2, -0.15) is 0 Å². The summed E-state index contributed by atoms with van der Waals surface area (Å²) in [5.74, 6) is 2.19. The van der Waals surface area contributed by atoms with E-state index in [2.05, 4.69) is 5.92 Å². The van der Waals surface area contributed by atoms with Crippen LogP contribution >= 0.6 is 34.8 Å². The van der Waals surface area contributed by atoms with Crippen molar-refractivity contribution in [2.75, 3.05) is 6.61 Å². The minimum Gasteiger partial charge on any atom is -0.487 e. The molecule has 25 heavy (non-hydrogen) atoms. The monoisotopic (exact) mass is 394 g/mol. The van der Waals surface area contributed by atoms with Gasteiger partial charge in [0, 0.05) is 21.7 Å². The smallest absolute Gasteiger partial charge is 0.331 e. The highest BCUT2D eigenvalue weighted by Crippen LogP contribution is 2.28. The first-order valence-corrected chi connectivity index (χ1v) is 8.27. The Balaban J connectivity index is 2.00. The summed E-state index contributed by atoms with van der Waals surface area (Å²) in [4.78, 5) is 11.4. The van der Waals surface area contributed by atoms with E-state index in [4.69, 9.17) is 50.7 Å². The molecule has 2 aromatic carbocycles. The molecule has 0 bridgehead atoms. The summed E-state index contributed by atoms with van der Waals surface area (Å²) in [5.41, 5.74) is 1.52. The van der Waals surface area contributed by atoms with Gasteiger partial charge in [-0.1, -0.05) is 52.9 Å². The Morgan fingerprint density at radius 3 is 2.60 bits per heavy atom. The number of carbonyl (C=O) groups excluding carboxylic acids is 1. The molecule has 0 N–H and O–H groups in total. The highest BCUT2D eigenvalue weighted by molar-refractivity contribution is 6.35. The van der Waals surface area contributed by atoms with Gasteiger partial charge >= 0.3 is 5.97 Å². The van der Waals surface area contributed by atoms with Crippen LogP contribution in [0.4, 0.5) is 0 Å². The second-order valence-electron chi connectivity index (χ2n) is 4.86. The van der Waals surface area contributed by atoms with Crippen LogP contribution in [-0.2, 0) is 16.1 Å². The summed E-state index contributed by atoms with van der Waals surface area (Å²) in [6.45, 7) is 0.188. The van der Waals surface area contributed by atoms with Crippen molar-refractivity contribution in [2.45, 2.75) is 6.61 Å². The predicted molar refractivity (Wildman–Crippen MR) is 101 cm³/mol. The topological polar surface area (TPSA) is 35.5 Å². The SMILES string of the molecule is C#CCOC(=O)C=Cc1ccc(OCc2ccc(Cl)cc2Cl)c(Cl)c1. The van der Waals surface area contributed by atoms with Crippen LogP contribution in [0.5, 0.6) is 5.75 Å². The molecular formula is C19H13Cl3O3. The van der Waals surface area contributed by atoms with Crippen LogP contribution in [0.1, 0.15) is 11.1 Å². The van der Waals surface area contributed by atoms with Crippen molar-refractivity contribution < 1.29 is 14.3 Å². The molecule has 3 nitrogen and oxygen atoms in total. The maximum atomic E-state index is 11.4. The van der Waals surface area contributed by atoms with E-state index in [9.17, 15) is 4.79 Å². The van der Waals surface area contributed by atoms with Crippen molar-refractivity contribution in [3.05, 3.63) is 68.7 Å². The average molecular weight is 396 g/mol. The third-order valence-electron chi connectivity index (χ3n) is 3.06. The van der Waals surface area contributed by atoms with Crippen LogP contribution in [0, 0.1) is 12.3 Å². The van der Waals surface area contributed by atoms with Gasteiger partial charge in [0.2, 0.25) is 0 Å². The highest BCUT2D eigenvalue weighted by atomic mass is 35.5. The summed E-state index contributed by atoms with van der Waals surface area (Å²) in [6, 6.07) is 10.3. The standard InChI is InChI=1S/C19H13Cl3O3/c1-2-9-24-19(23)8-4-13-3-7-18(17(22)10-13)25-12-14-5-6-15(20)11-16(14)21/h1,3-8,10-11H,9,12H2. The Morgan fingerprint density at radius 2 is 1.92 bits per heavy atom. The molecule has 0 heterocycles. The van der Waals surface area contributed by atoms with Gasteiger partial charge in [0.25, 0.3) is 0 Å². The summed E-state index contributed by atoms with van der Waals surface area (Å²) in [7, 11) is 0. The Morgan fingerprint density at radius 1 is 1.12 bits per heavy atom. The fourth-order valence-corrected chi connectivity index (χ4v) is 2.56. The molecule has 0 aliphatic carbocycles. The first-order chi connectivity index (χ1) is 12.0. The largest absolute Gasteiger partial charge is 0.487 e. The molecular weight excluding hydrogens is 383 g/mol. The fourth-order valence-electron chi connectivity index (χ4n) is 1.86. The van der Waals surface area contributed by atoms with Crippen molar-refractivity contribution >= 4 is 46.8 Å². The van der Waals surface area contributed by atoms with Crippen LogP contribution in [0.15, 0.2) is 42.5 Å². The summed E-state index contributed by atoms with van der Waals surface area (Å²) >= 11 is 18.2. The Labute approximate surface area is 161 Å². The molecule has 0 amide bonds. The van der Waals surface area contributed by atoms with Gasteiger partial charge in [-0.25, -0.2) is 4.79 Å². The molecule has 0 aliphatic heterocycles. The molecule has 6 heteroatoms. The van der Waals surface area contributed by atoms with Gasteiger partial charge in [0.05, 0.1) is 5.02 Å². The lowest BCUT2D eigenvalue weighted by Gasteiger charge is -2.10. The van der Waals surface area contributed by atoms with Crippen LogP contribution in [0.2, 0.25) is 15.1 Å². The summed E-state index contributed by atoms with van der Waals surface area (Å²) in [5, 5.41) is 1.49. The van der Waals surface area contributed by atoms with Gasteiger partial charge in [0.1, 0.15) is 12.4 Å². The Hall–Kier alpha value is -2.12. The third-order valence-corrected chi connectivity index (χ3v) is 3.95. The third kappa shape index (κ3) is 6.03. The summed E-state index contributed by atoms with van der Waals surface area (Å²) < 4.78 is 10.4. The van der Waals surface area contributed by atoms with Crippen molar-refractivity contribution in [3.8, 4) is 18.1 Å². The number of esters is 1. The minimum absolute atomic E-state index is 0.0655. The highest BCUT2D eigenvalue weighted by Gasteiger charge is 2.06.